The van der Waals surface area contributed by atoms with E-state index in [1.807, 2.05) is 30.3 Å². The molecular formula is C138H90N12. The molecule has 2 aliphatic carbocycles. The zero-order chi connectivity index (χ0) is 99.0. The van der Waals surface area contributed by atoms with Crippen molar-refractivity contribution in [2.75, 3.05) is 0 Å². The molecule has 0 aliphatic heterocycles. The number of imidazole rings is 3. The van der Waals surface area contributed by atoms with Crippen LogP contribution in [-0.4, -0.2) is 56.8 Å². The van der Waals surface area contributed by atoms with Gasteiger partial charge in [-0.15, -0.1) is 0 Å². The molecule has 0 unspecified atom stereocenters. The molecule has 12 nitrogen and oxygen atoms in total. The molecule has 0 amide bonds. The number of rotatable bonds is 8. The third-order valence-corrected chi connectivity index (χ3v) is 32.3. The van der Waals surface area contributed by atoms with E-state index in [0.717, 1.165) is 134 Å². The summed E-state index contributed by atoms with van der Waals surface area (Å²) in [6, 6.07) is 171. The van der Waals surface area contributed by atoms with E-state index in [2.05, 4.69) is 497 Å². The van der Waals surface area contributed by atoms with Crippen molar-refractivity contribution in [3.05, 3.63) is 495 Å². The van der Waals surface area contributed by atoms with Crippen molar-refractivity contribution >= 4 is 180 Å². The van der Waals surface area contributed by atoms with Gasteiger partial charge >= 0.3 is 0 Å². The number of aromatic nitrogens is 12. The van der Waals surface area contributed by atoms with E-state index < -0.39 is 0 Å². The number of para-hydroxylation sites is 12. The second kappa shape index (κ2) is 32.5. The third kappa shape index (κ3) is 12.8. The lowest BCUT2D eigenvalue weighted by Crippen LogP contribution is -2.15. The molecule has 0 fully saturated rings. The Morgan fingerprint density at radius 1 is 0.153 bits per heavy atom. The predicted octanol–water partition coefficient (Wildman–Crippen LogP) is 34.8. The lowest BCUT2D eigenvalue weighted by Gasteiger charge is -2.22. The van der Waals surface area contributed by atoms with Gasteiger partial charge in [-0.3, -0.25) is 26.9 Å². The summed E-state index contributed by atoms with van der Waals surface area (Å²) in [5, 5.41) is 17.9. The van der Waals surface area contributed by atoms with Crippen LogP contribution < -0.4 is 0 Å². The minimum atomic E-state index is -0.144. The highest BCUT2D eigenvalue weighted by molar-refractivity contribution is 6.17. The standard InChI is InChI=1S/C51H34N4.C46H28N4.C41H28N4/c1-51(2)42-29-35(33-20-19-31-11-3-4-12-32(31)27-33)21-24-37(42)38-25-22-36(30-43(38)51)34-23-26-47-41(28-34)39-13-6-9-17-46(39)54(47)50-53-44-15-7-5-14-40(44)49-52-45-16-8-10-18-48(45)55(49)50;1-2-12-33-32(11-1)28-38(35-14-4-3-13-34(33)35)30-23-21-29(22-24-30)31-25-26-43-39(27-31)36-15-6-9-19-42(36)49(43)46-48-40-17-7-5-16-37(40)45-47-41-18-8-10-20-44(41)50(45)46;1-41(2)32-14-6-3-11-27(32)28-21-19-26(24-33(28)41)25-20-22-37-31(23-25)29-12-5-9-17-36(29)44(37)40-43-34-15-7-4-13-30(34)39-42-35-16-8-10-18-38(35)45(39)40/h3-30H,1-2H3;1-28H;3-24H,1-2H3. The molecule has 0 atom stereocenters. The molecule has 0 saturated heterocycles. The van der Waals surface area contributed by atoms with Crippen LogP contribution in [0.3, 0.4) is 0 Å². The maximum absolute atomic E-state index is 5.35. The van der Waals surface area contributed by atoms with E-state index in [0.29, 0.717) is 0 Å². The Bertz CT molecular complexity index is 11200. The fourth-order valence-corrected chi connectivity index (χ4v) is 25.0. The average Bonchev–Trinajstić information content (AvgIpc) is 1.57. The fourth-order valence-electron chi connectivity index (χ4n) is 25.0. The number of hydrogen-bond donors (Lipinski definition) is 0. The first-order valence-corrected chi connectivity index (χ1v) is 51.5. The van der Waals surface area contributed by atoms with Crippen LogP contribution in [0.5, 0.6) is 0 Å². The summed E-state index contributed by atoms with van der Waals surface area (Å²) in [6.07, 6.45) is 0. The number of benzene rings is 22. The maximum Gasteiger partial charge on any atom is 0.221 e. The van der Waals surface area contributed by atoms with Gasteiger partial charge in [-0.05, 0) is 290 Å². The summed E-state index contributed by atoms with van der Waals surface area (Å²) in [6.45, 7) is 9.43. The van der Waals surface area contributed by atoms with Gasteiger partial charge in [-0.2, -0.15) is 0 Å². The van der Waals surface area contributed by atoms with Gasteiger partial charge in [0.1, 0.15) is 16.9 Å². The van der Waals surface area contributed by atoms with E-state index in [4.69, 9.17) is 29.9 Å². The summed E-state index contributed by atoms with van der Waals surface area (Å²) in [5.74, 6) is 2.51. The van der Waals surface area contributed by atoms with Crippen molar-refractivity contribution in [1.29, 1.82) is 0 Å². The van der Waals surface area contributed by atoms with E-state index in [-0.39, 0.29) is 10.8 Å². The van der Waals surface area contributed by atoms with Crippen LogP contribution in [0.25, 0.3) is 276 Å². The molecule has 31 aromatic rings. The van der Waals surface area contributed by atoms with Crippen LogP contribution in [0.1, 0.15) is 49.9 Å². The van der Waals surface area contributed by atoms with Gasteiger partial charge in [0.05, 0.1) is 82.8 Å². The Morgan fingerprint density at radius 2 is 0.433 bits per heavy atom. The minimum absolute atomic E-state index is 0.0389. The summed E-state index contributed by atoms with van der Waals surface area (Å²) in [4.78, 5) is 31.3. The van der Waals surface area contributed by atoms with Crippen molar-refractivity contribution < 1.29 is 0 Å². The minimum Gasteiger partial charge on any atom is -0.279 e. The number of fused-ring (bicyclic) bond motifs is 34. The highest BCUT2D eigenvalue weighted by Gasteiger charge is 2.38. The van der Waals surface area contributed by atoms with Crippen molar-refractivity contribution in [2.24, 2.45) is 0 Å². The normalized spacial score (nSPS) is 13.0. The molecule has 2 aliphatic rings. The second-order valence-electron chi connectivity index (χ2n) is 41.2. The quantitative estimate of drug-likeness (QED) is 0.140. The molecule has 0 bridgehead atoms. The van der Waals surface area contributed by atoms with E-state index in [1.165, 1.54) is 165 Å². The predicted molar refractivity (Wildman–Crippen MR) is 622 cm³/mol. The SMILES string of the molecule is CC1(C)c2cc(-c3ccc4ccccc4c3)ccc2-c2ccc(-c3ccc4c(c3)c3ccccc3n4-c3nc4ccccc4c4nc5ccccc5n34)cc21.CC1(C)c2ccccc2-c2ccc(-c3ccc4c(c3)c3ccccc3n4-c3nc4ccccc4c4nc5ccccc5n34)cc21.c1ccc2c(c1)cc(-c1ccc(-c3ccc4c(c3)c3ccccc3n4-c3nc4ccccc4c4nc5ccccc5n34)cc1)c1ccccc12. The summed E-state index contributed by atoms with van der Waals surface area (Å²) in [5.41, 5.74) is 41.1. The molecule has 150 heavy (non-hydrogen) atoms. The molecule has 702 valence electrons. The first kappa shape index (κ1) is 84.9. The highest BCUT2D eigenvalue weighted by atomic mass is 15.3. The Morgan fingerprint density at radius 3 is 0.867 bits per heavy atom. The molecule has 0 N–H and O–H groups in total. The smallest absolute Gasteiger partial charge is 0.221 e. The van der Waals surface area contributed by atoms with E-state index in [1.54, 1.807) is 0 Å². The molecule has 0 radical (unpaired) electrons. The Kier molecular flexibility index (Phi) is 18.4. The van der Waals surface area contributed by atoms with Crippen LogP contribution >= 0.6 is 0 Å². The molecule has 9 heterocycles. The molecular weight excluding hydrogens is 1830 g/mol. The second-order valence-corrected chi connectivity index (χ2v) is 41.2. The molecule has 12 heteroatoms. The van der Waals surface area contributed by atoms with Crippen LogP contribution in [-0.2, 0) is 10.8 Å². The van der Waals surface area contributed by atoms with Gasteiger partial charge in [-0.25, -0.2) is 29.9 Å². The van der Waals surface area contributed by atoms with Gasteiger partial charge in [0.25, 0.3) is 0 Å². The zero-order valence-corrected chi connectivity index (χ0v) is 82.4. The first-order valence-electron chi connectivity index (χ1n) is 51.5. The summed E-state index contributed by atoms with van der Waals surface area (Å²) < 4.78 is 13.6. The zero-order valence-electron chi connectivity index (χ0n) is 82.4. The topological polar surface area (TPSA) is 105 Å². The Balaban J connectivity index is 0.000000102. The Hall–Kier alpha value is -19.6. The van der Waals surface area contributed by atoms with Crippen LogP contribution in [0.15, 0.2) is 473 Å². The number of nitrogens with zero attached hydrogens (tertiary/aromatic N) is 12. The van der Waals surface area contributed by atoms with Crippen molar-refractivity contribution in [1.82, 2.24) is 56.8 Å². The summed E-state index contributed by atoms with van der Waals surface area (Å²) >= 11 is 0. The first-order chi connectivity index (χ1) is 73.9. The van der Waals surface area contributed by atoms with Gasteiger partial charge in [0, 0.05) is 59.3 Å². The van der Waals surface area contributed by atoms with Crippen LogP contribution in [0.4, 0.5) is 0 Å². The van der Waals surface area contributed by atoms with E-state index in [9.17, 15) is 0 Å². The van der Waals surface area contributed by atoms with Gasteiger partial charge in [0.2, 0.25) is 17.8 Å². The highest BCUT2D eigenvalue weighted by Crippen LogP contribution is 2.54. The monoisotopic (exact) mass is 1910 g/mol. The van der Waals surface area contributed by atoms with Crippen LogP contribution in [0.2, 0.25) is 0 Å². The molecule has 22 aromatic carbocycles. The average molecular weight is 1920 g/mol. The molecule has 0 saturated carbocycles. The largest absolute Gasteiger partial charge is 0.279 e. The van der Waals surface area contributed by atoms with Gasteiger partial charge in [-0.1, -0.05) is 343 Å². The number of hydrogen-bond acceptors (Lipinski definition) is 6. The van der Waals surface area contributed by atoms with Crippen LogP contribution in [0, 0.1) is 0 Å². The van der Waals surface area contributed by atoms with Gasteiger partial charge < -0.3 is 0 Å². The molecule has 33 rings (SSSR count). The van der Waals surface area contributed by atoms with Crippen molar-refractivity contribution in [3.63, 3.8) is 0 Å². The lowest BCUT2D eigenvalue weighted by molar-refractivity contribution is 0.660. The molecule has 0 spiro atoms. The third-order valence-electron chi connectivity index (χ3n) is 32.3. The maximum atomic E-state index is 5.35. The summed E-state index contributed by atoms with van der Waals surface area (Å²) in [7, 11) is 0. The lowest BCUT2D eigenvalue weighted by atomic mass is 9.80. The van der Waals surface area contributed by atoms with Crippen molar-refractivity contribution in [2.45, 2.75) is 38.5 Å². The molecule has 9 aromatic heterocycles. The van der Waals surface area contributed by atoms with E-state index >= 15 is 0 Å². The van der Waals surface area contributed by atoms with Gasteiger partial charge in [0.15, 0.2) is 0 Å². The Labute approximate surface area is 860 Å². The van der Waals surface area contributed by atoms with Crippen molar-refractivity contribution in [3.8, 4) is 95.7 Å². The fraction of sp³-hybridized carbons (Fsp3) is 0.0435.